The Morgan fingerprint density at radius 1 is 1.07 bits per heavy atom. The Kier molecular flexibility index (Phi) is 5.03. The molecule has 4 rings (SSSR count). The van der Waals surface area contributed by atoms with Crippen LogP contribution in [0.1, 0.15) is 25.7 Å². The van der Waals surface area contributed by atoms with Gasteiger partial charge in [-0.2, -0.15) is 0 Å². The first-order valence-electron chi connectivity index (χ1n) is 9.45. The van der Waals surface area contributed by atoms with Crippen molar-refractivity contribution in [1.82, 2.24) is 4.98 Å². The molecule has 2 heterocycles. The lowest BCUT2D eigenvalue weighted by atomic mass is 10.1. The molecule has 1 aromatic carbocycles. The normalized spacial score (nSPS) is 18.8. The van der Waals surface area contributed by atoms with E-state index in [0.29, 0.717) is 6.42 Å². The lowest BCUT2D eigenvalue weighted by Crippen LogP contribution is -2.33. The zero-order valence-corrected chi connectivity index (χ0v) is 16.3. The molecule has 1 aromatic heterocycles. The van der Waals surface area contributed by atoms with Crippen LogP contribution in [0.25, 0.3) is 11.0 Å². The van der Waals surface area contributed by atoms with E-state index in [4.69, 9.17) is 0 Å². The Bertz CT molecular complexity index is 1060. The van der Waals surface area contributed by atoms with Crippen LogP contribution in [-0.4, -0.2) is 28.2 Å². The van der Waals surface area contributed by atoms with Crippen molar-refractivity contribution < 1.29 is 4.21 Å². The van der Waals surface area contributed by atoms with Crippen LogP contribution in [0.5, 0.6) is 0 Å². The summed E-state index contributed by atoms with van der Waals surface area (Å²) >= 11 is 0. The van der Waals surface area contributed by atoms with Gasteiger partial charge in [-0.1, -0.05) is 24.3 Å². The van der Waals surface area contributed by atoms with E-state index >= 15 is 0 Å². The fraction of sp³-hybridized carbons (Fsp3) is 0.273. The van der Waals surface area contributed by atoms with Gasteiger partial charge in [-0.05, 0) is 55.5 Å². The number of nitrogens with one attached hydrogen (secondary N) is 1. The first kappa shape index (κ1) is 17.9. The van der Waals surface area contributed by atoms with E-state index in [2.05, 4.69) is 32.6 Å². The van der Waals surface area contributed by atoms with Gasteiger partial charge >= 0.3 is 0 Å². The van der Waals surface area contributed by atoms with Crippen LogP contribution in [0, 0.1) is 0 Å². The number of nitrogens with zero attached hydrogens (tertiary/aromatic N) is 2. The third-order valence-corrected chi connectivity index (χ3v) is 6.81. The molecular weight excluding hydrogens is 354 g/mol. The van der Waals surface area contributed by atoms with Gasteiger partial charge in [0.15, 0.2) is 0 Å². The molecule has 1 fully saturated rings. The van der Waals surface area contributed by atoms with Gasteiger partial charge in [0.2, 0.25) is 0 Å². The molecule has 4 nitrogen and oxygen atoms in total. The van der Waals surface area contributed by atoms with Crippen molar-refractivity contribution in [2.75, 3.05) is 22.7 Å². The van der Waals surface area contributed by atoms with Gasteiger partial charge in [0.05, 0.1) is 20.0 Å². The number of hydrogen-bond donors (Lipinski definition) is 1. The summed E-state index contributed by atoms with van der Waals surface area (Å²) in [5, 5.41) is 1.74. The van der Waals surface area contributed by atoms with E-state index in [0.717, 1.165) is 34.2 Å². The van der Waals surface area contributed by atoms with Gasteiger partial charge in [0.1, 0.15) is 0 Å². The minimum atomic E-state index is -2.69. The van der Waals surface area contributed by atoms with Crippen molar-refractivity contribution in [2.45, 2.75) is 25.7 Å². The number of rotatable bonds is 4. The summed E-state index contributed by atoms with van der Waals surface area (Å²) in [6.07, 6.45) is 12.1. The topological polar surface area (TPSA) is 45.2 Å². The van der Waals surface area contributed by atoms with Crippen LogP contribution < -0.4 is 20.2 Å². The molecule has 1 N–H and O–H groups in total. The third-order valence-electron chi connectivity index (χ3n) is 5.09. The summed E-state index contributed by atoms with van der Waals surface area (Å²) < 4.78 is 16.6. The highest BCUT2D eigenvalue weighted by Gasteiger charge is 2.15. The average molecular weight is 380 g/mol. The second-order valence-corrected chi connectivity index (χ2v) is 9.08. The number of aromatic nitrogens is 1. The van der Waals surface area contributed by atoms with Gasteiger partial charge in [-0.3, -0.25) is 4.98 Å². The highest BCUT2D eigenvalue weighted by atomic mass is 32.2. The Balaban J connectivity index is 1.62. The molecule has 1 atom stereocenters. The van der Waals surface area contributed by atoms with Crippen molar-refractivity contribution in [1.29, 1.82) is 0 Å². The summed E-state index contributed by atoms with van der Waals surface area (Å²) in [5.74, 6) is 4.02. The molecule has 27 heavy (non-hydrogen) atoms. The summed E-state index contributed by atoms with van der Waals surface area (Å²) in [6, 6.07) is 12.1. The molecular formula is C22H25N3OS. The molecule has 2 aromatic rings. The lowest BCUT2D eigenvalue weighted by Gasteiger charge is -2.29. The van der Waals surface area contributed by atoms with E-state index in [1.165, 1.54) is 24.9 Å². The zero-order chi connectivity index (χ0) is 18.7. The van der Waals surface area contributed by atoms with Crippen LogP contribution in [0.15, 0.2) is 54.7 Å². The van der Waals surface area contributed by atoms with Gasteiger partial charge in [-0.15, -0.1) is 0 Å². The molecule has 1 aliphatic carbocycles. The monoisotopic (exact) mass is 379 g/mol. The number of piperidine rings is 1. The maximum Gasteiger partial charge on any atom is 0.0836 e. The van der Waals surface area contributed by atoms with Gasteiger partial charge in [0.25, 0.3) is 0 Å². The molecule has 140 valence electrons. The molecule has 0 amide bonds. The quantitative estimate of drug-likeness (QED) is 0.831. The predicted octanol–water partition coefficient (Wildman–Crippen LogP) is 2.66. The maximum atomic E-state index is 13.5. The first-order valence-corrected chi connectivity index (χ1v) is 11.2. The van der Waals surface area contributed by atoms with Crippen LogP contribution in [-0.2, 0) is 9.71 Å². The summed E-state index contributed by atoms with van der Waals surface area (Å²) in [4.78, 5) is 7.62. The molecule has 0 radical (unpaired) electrons. The highest BCUT2D eigenvalue weighted by Crippen LogP contribution is 2.23. The number of anilines is 2. The number of hydrogen-bond acceptors (Lipinski definition) is 3. The number of benzene rings is 1. The van der Waals surface area contributed by atoms with Crippen molar-refractivity contribution in [3.8, 4) is 0 Å². The summed E-state index contributed by atoms with van der Waals surface area (Å²) in [7, 11) is -2.69. The second-order valence-electron chi connectivity index (χ2n) is 7.04. The van der Waals surface area contributed by atoms with E-state index in [1.54, 1.807) is 6.20 Å². The number of allylic oxidation sites excluding steroid dienone is 2. The second kappa shape index (κ2) is 7.61. The van der Waals surface area contributed by atoms with Gasteiger partial charge < -0.3 is 9.62 Å². The van der Waals surface area contributed by atoms with Crippen LogP contribution >= 0.6 is 0 Å². The molecule has 5 heteroatoms. The van der Waals surface area contributed by atoms with E-state index in [1.807, 2.05) is 42.5 Å². The molecule has 0 saturated carbocycles. The molecule has 1 aliphatic heterocycles. The number of fused-ring (bicyclic) bond motifs is 1. The van der Waals surface area contributed by atoms with Gasteiger partial charge in [0, 0.05) is 42.3 Å². The molecule has 0 bridgehead atoms. The third kappa shape index (κ3) is 3.93. The van der Waals surface area contributed by atoms with E-state index < -0.39 is 9.71 Å². The summed E-state index contributed by atoms with van der Waals surface area (Å²) in [5.41, 5.74) is 2.04. The van der Waals surface area contributed by atoms with Crippen molar-refractivity contribution in [3.63, 3.8) is 0 Å². The lowest BCUT2D eigenvalue weighted by molar-refractivity contribution is 0.578. The van der Waals surface area contributed by atoms with Crippen molar-refractivity contribution in [3.05, 3.63) is 65.3 Å². The smallest absolute Gasteiger partial charge is 0.0836 e. The minimum absolute atomic E-state index is 0.571. The fourth-order valence-corrected chi connectivity index (χ4v) is 5.15. The highest BCUT2D eigenvalue weighted by molar-refractivity contribution is 8.09. The van der Waals surface area contributed by atoms with Crippen LogP contribution in [0.4, 0.5) is 11.4 Å². The molecule has 2 aliphatic rings. The Morgan fingerprint density at radius 2 is 1.85 bits per heavy atom. The maximum absolute atomic E-state index is 13.5. The molecule has 0 spiro atoms. The van der Waals surface area contributed by atoms with Crippen LogP contribution in [0.3, 0.4) is 0 Å². The molecule has 1 saturated heterocycles. The van der Waals surface area contributed by atoms with Gasteiger partial charge in [-0.25, -0.2) is 4.21 Å². The zero-order valence-electron chi connectivity index (χ0n) is 15.4. The first-order chi connectivity index (χ1) is 13.1. The molecule has 1 unspecified atom stereocenters. The Labute approximate surface area is 161 Å². The van der Waals surface area contributed by atoms with Crippen molar-refractivity contribution in [2.24, 2.45) is 0 Å². The fourth-order valence-electron chi connectivity index (χ4n) is 3.66. The SMILES string of the molecule is C=S(=O)(Nc1ccc(N2CCCCC2)cc1)C1=c2ncccc2=CC=CC1. The predicted molar refractivity (Wildman–Crippen MR) is 117 cm³/mol. The largest absolute Gasteiger partial charge is 0.372 e. The Hall–Kier alpha value is -2.53. The van der Waals surface area contributed by atoms with E-state index in [9.17, 15) is 4.21 Å². The Morgan fingerprint density at radius 3 is 2.63 bits per heavy atom. The average Bonchev–Trinajstić information content (AvgIpc) is 2.92. The van der Waals surface area contributed by atoms with Crippen molar-refractivity contribution >= 4 is 37.9 Å². The standard InChI is InChI=1S/C22H25N3OS/c1-27(26,21-10-4-3-8-18-9-7-15-23-22(18)21)24-19-11-13-20(14-12-19)25-16-5-2-6-17-25/h3-4,7-9,11-15H,1-2,5-6,10,16-17H2,(H,24,26). The van der Waals surface area contributed by atoms with Crippen LogP contribution in [0.2, 0.25) is 0 Å². The summed E-state index contributed by atoms with van der Waals surface area (Å²) in [6.45, 7) is 2.23. The van der Waals surface area contributed by atoms with E-state index in [-0.39, 0.29) is 0 Å². The minimum Gasteiger partial charge on any atom is -0.372 e. The number of pyridine rings is 1.